The SMILES string of the molecule is COc1cc(C(=O)c2c(C)oc3c(O[B-][O-])c(OC)ccc23)cc(C)c1C.[Na+].[Na+]. The van der Waals surface area contributed by atoms with Gasteiger partial charge >= 0.3 is 59.1 Å². The molecule has 1 heterocycles. The van der Waals surface area contributed by atoms with Crippen molar-refractivity contribution in [3.8, 4) is 17.2 Å². The first-order valence-electron chi connectivity index (χ1n) is 8.33. The van der Waals surface area contributed by atoms with Crippen molar-refractivity contribution < 1.29 is 87.5 Å². The fourth-order valence-electron chi connectivity index (χ4n) is 3.15. The second-order valence-corrected chi connectivity index (χ2v) is 6.17. The first kappa shape index (κ1) is 26.1. The van der Waals surface area contributed by atoms with Gasteiger partial charge in [0, 0.05) is 10.9 Å². The zero-order valence-electron chi connectivity index (χ0n) is 17.8. The van der Waals surface area contributed by atoms with E-state index in [0.29, 0.717) is 41.5 Å². The molecule has 0 unspecified atom stereocenters. The molecule has 0 atom stereocenters. The molecular formula is C20H19BNa2O6. The van der Waals surface area contributed by atoms with Gasteiger partial charge in [-0.2, -0.15) is 0 Å². The largest absolute Gasteiger partial charge is 1.04 e. The van der Waals surface area contributed by atoms with Crippen molar-refractivity contribution in [3.63, 3.8) is 0 Å². The van der Waals surface area contributed by atoms with E-state index in [1.165, 1.54) is 7.11 Å². The molecule has 2 aromatic carbocycles. The van der Waals surface area contributed by atoms with Crippen molar-refractivity contribution in [3.05, 3.63) is 52.3 Å². The van der Waals surface area contributed by atoms with Crippen molar-refractivity contribution in [2.75, 3.05) is 14.2 Å². The van der Waals surface area contributed by atoms with Gasteiger partial charge in [0.05, 0.1) is 19.8 Å². The maximum atomic E-state index is 13.2. The average Bonchev–Trinajstić information content (AvgIpc) is 3.00. The van der Waals surface area contributed by atoms with E-state index in [2.05, 4.69) is 0 Å². The number of rotatable bonds is 6. The molecule has 0 spiro atoms. The summed E-state index contributed by atoms with van der Waals surface area (Å²) in [6, 6.07) is 6.89. The molecule has 9 heteroatoms. The number of benzene rings is 2. The second kappa shape index (κ2) is 10.9. The first-order chi connectivity index (χ1) is 12.9. The summed E-state index contributed by atoms with van der Waals surface area (Å²) in [6.07, 6.45) is 0. The zero-order valence-corrected chi connectivity index (χ0v) is 21.8. The summed E-state index contributed by atoms with van der Waals surface area (Å²) in [7, 11) is 3.33. The van der Waals surface area contributed by atoms with Crippen molar-refractivity contribution in [1.29, 1.82) is 0 Å². The van der Waals surface area contributed by atoms with Gasteiger partial charge in [0.15, 0.2) is 17.1 Å². The van der Waals surface area contributed by atoms with Gasteiger partial charge in [0.2, 0.25) is 0 Å². The molecule has 2 radical (unpaired) electrons. The van der Waals surface area contributed by atoms with Crippen LogP contribution in [0.4, 0.5) is 0 Å². The molecule has 0 aliphatic heterocycles. The van der Waals surface area contributed by atoms with Gasteiger partial charge in [0.1, 0.15) is 17.3 Å². The summed E-state index contributed by atoms with van der Waals surface area (Å²) in [5, 5.41) is 11.4. The van der Waals surface area contributed by atoms with Crippen LogP contribution in [0.2, 0.25) is 0 Å². The van der Waals surface area contributed by atoms with E-state index in [0.717, 1.165) is 11.1 Å². The summed E-state index contributed by atoms with van der Waals surface area (Å²) in [5.74, 6) is 1.36. The molecule has 0 aliphatic carbocycles. The molecule has 1 aromatic heterocycles. The Hall–Kier alpha value is -0.925. The molecule has 0 aliphatic rings. The maximum Gasteiger partial charge on any atom is 1.00 e. The van der Waals surface area contributed by atoms with Gasteiger partial charge in [-0.05, 0) is 56.2 Å². The Kier molecular flexibility index (Phi) is 9.82. The van der Waals surface area contributed by atoms with Gasteiger partial charge in [-0.15, -0.1) is 0 Å². The minimum absolute atomic E-state index is 0. The van der Waals surface area contributed by atoms with Gasteiger partial charge < -0.3 is 31.3 Å². The summed E-state index contributed by atoms with van der Waals surface area (Å²) in [6.45, 7) is 5.56. The number of aryl methyl sites for hydroxylation is 2. The van der Waals surface area contributed by atoms with E-state index in [1.807, 2.05) is 19.9 Å². The number of ketones is 1. The zero-order chi connectivity index (χ0) is 19.7. The first-order valence-corrected chi connectivity index (χ1v) is 8.33. The third kappa shape index (κ3) is 4.88. The van der Waals surface area contributed by atoms with Crippen LogP contribution >= 0.6 is 0 Å². The summed E-state index contributed by atoms with van der Waals surface area (Å²) in [4.78, 5) is 13.2. The Bertz CT molecular complexity index is 1030. The topological polar surface area (TPSA) is 81.0 Å². The Balaban J connectivity index is 0.00000210. The third-order valence-electron chi connectivity index (χ3n) is 4.67. The molecule has 140 valence electrons. The molecule has 3 aromatic rings. The second-order valence-electron chi connectivity index (χ2n) is 6.17. The standard InChI is InChI=1S/C20H19BO6.2Na/c1-10-8-13(9-16(25-5)11(10)2)18(22)17-12(3)26-19-14(17)6-7-15(24-4)20(19)27-21-23;;/h6-9H,1-5H3;;/q-2;2*+1. The Labute approximate surface area is 214 Å². The van der Waals surface area contributed by atoms with E-state index in [9.17, 15) is 9.82 Å². The molecule has 0 saturated heterocycles. The van der Waals surface area contributed by atoms with E-state index < -0.39 is 0 Å². The van der Waals surface area contributed by atoms with Gasteiger partial charge in [0.25, 0.3) is 0 Å². The Morgan fingerprint density at radius 2 is 1.69 bits per heavy atom. The molecule has 0 fully saturated rings. The van der Waals surface area contributed by atoms with E-state index in [-0.39, 0.29) is 76.2 Å². The molecule has 29 heavy (non-hydrogen) atoms. The van der Waals surface area contributed by atoms with E-state index in [4.69, 9.17) is 18.5 Å². The monoisotopic (exact) mass is 412 g/mol. The van der Waals surface area contributed by atoms with Crippen LogP contribution < -0.4 is 78.3 Å². The van der Waals surface area contributed by atoms with Crippen LogP contribution in [0.25, 0.3) is 11.0 Å². The quantitative estimate of drug-likeness (QED) is 0.315. The Morgan fingerprint density at radius 1 is 1.03 bits per heavy atom. The molecule has 3 rings (SSSR count). The van der Waals surface area contributed by atoms with Crippen molar-refractivity contribution >= 4 is 24.4 Å². The average molecular weight is 412 g/mol. The van der Waals surface area contributed by atoms with Crippen molar-refractivity contribution in [2.45, 2.75) is 20.8 Å². The van der Waals surface area contributed by atoms with Gasteiger partial charge in [-0.1, -0.05) is 0 Å². The Morgan fingerprint density at radius 3 is 2.28 bits per heavy atom. The minimum Gasteiger partial charge on any atom is -1.04 e. The number of hydrogen-bond acceptors (Lipinski definition) is 6. The van der Waals surface area contributed by atoms with Crippen LogP contribution in [0.15, 0.2) is 28.7 Å². The molecule has 0 bridgehead atoms. The van der Waals surface area contributed by atoms with Gasteiger partial charge in [-0.3, -0.25) is 4.79 Å². The molecule has 0 saturated carbocycles. The third-order valence-corrected chi connectivity index (χ3v) is 4.67. The van der Waals surface area contributed by atoms with E-state index >= 15 is 0 Å². The fraction of sp³-hybridized carbons (Fsp3) is 0.250. The number of furan rings is 1. The smallest absolute Gasteiger partial charge is 1.00 e. The predicted molar refractivity (Wildman–Crippen MR) is 99.8 cm³/mol. The minimum atomic E-state index is -0.199. The molecular weight excluding hydrogens is 393 g/mol. The predicted octanol–water partition coefficient (Wildman–Crippen LogP) is -3.11. The van der Waals surface area contributed by atoms with E-state index in [1.54, 1.807) is 32.2 Å². The maximum absolute atomic E-state index is 13.2. The summed E-state index contributed by atoms with van der Waals surface area (Å²) in [5.41, 5.74) is 3.13. The molecule has 6 nitrogen and oxygen atoms in total. The summed E-state index contributed by atoms with van der Waals surface area (Å²) >= 11 is 0. The van der Waals surface area contributed by atoms with Gasteiger partial charge in [-0.25, -0.2) is 0 Å². The number of fused-ring (bicyclic) bond motifs is 1. The number of methoxy groups -OCH3 is 2. The normalized spacial score (nSPS) is 10.1. The van der Waals surface area contributed by atoms with Crippen molar-refractivity contribution in [2.24, 2.45) is 0 Å². The molecule has 0 N–H and O–H groups in total. The number of hydrogen-bond donors (Lipinski definition) is 0. The van der Waals surface area contributed by atoms with Crippen LogP contribution in [-0.4, -0.2) is 27.7 Å². The van der Waals surface area contributed by atoms with Crippen LogP contribution in [0.5, 0.6) is 17.2 Å². The van der Waals surface area contributed by atoms with Crippen molar-refractivity contribution in [1.82, 2.24) is 0 Å². The van der Waals surface area contributed by atoms with Crippen LogP contribution in [0.3, 0.4) is 0 Å². The van der Waals surface area contributed by atoms with Crippen LogP contribution in [-0.2, 0) is 0 Å². The number of carbonyl (C=O) groups excluding carboxylic acids is 1. The summed E-state index contributed by atoms with van der Waals surface area (Å²) < 4.78 is 21.4. The fourth-order valence-corrected chi connectivity index (χ4v) is 3.15. The van der Waals surface area contributed by atoms with Crippen LogP contribution in [0.1, 0.15) is 32.8 Å². The van der Waals surface area contributed by atoms with Crippen LogP contribution in [0, 0.1) is 20.8 Å². The molecule has 0 amide bonds. The number of carbonyl (C=O) groups is 1. The number of ether oxygens (including phenoxy) is 2.